The molecule has 0 amide bonds. The Kier molecular flexibility index (Phi) is 5.77. The van der Waals surface area contributed by atoms with Crippen LogP contribution in [0.1, 0.15) is 18.9 Å². The molecule has 2 rings (SSSR count). The van der Waals surface area contributed by atoms with Crippen molar-refractivity contribution in [3.63, 3.8) is 0 Å². The van der Waals surface area contributed by atoms with E-state index in [-0.39, 0.29) is 6.04 Å². The van der Waals surface area contributed by atoms with Gasteiger partial charge in [0.15, 0.2) is 0 Å². The van der Waals surface area contributed by atoms with Crippen molar-refractivity contribution in [1.82, 2.24) is 0 Å². The van der Waals surface area contributed by atoms with Crippen LogP contribution in [-0.2, 0) is 6.42 Å². The Labute approximate surface area is 139 Å². The fraction of sp³-hybridized carbons (Fsp3) is 0.250. The molecule has 5 heteroatoms. The number of benzene rings is 2. The summed E-state index contributed by atoms with van der Waals surface area (Å²) in [6, 6.07) is 10.8. The second-order valence-electron chi connectivity index (χ2n) is 4.74. The van der Waals surface area contributed by atoms with E-state index in [1.165, 1.54) is 0 Å². The standard InChI is InChI=1S/C16H16Cl3NO/c1-2-10(20)9-11-12(17)5-3-7-14(11)21-15-8-4-6-13(18)16(15)19/h3-8,10H,2,9,20H2,1H3. The van der Waals surface area contributed by atoms with E-state index >= 15 is 0 Å². The largest absolute Gasteiger partial charge is 0.455 e. The topological polar surface area (TPSA) is 35.2 Å². The second-order valence-corrected chi connectivity index (χ2v) is 5.94. The van der Waals surface area contributed by atoms with Crippen molar-refractivity contribution in [2.24, 2.45) is 5.73 Å². The first-order chi connectivity index (χ1) is 10.0. The van der Waals surface area contributed by atoms with Gasteiger partial charge in [0, 0.05) is 16.6 Å². The van der Waals surface area contributed by atoms with Crippen LogP contribution in [0, 0.1) is 0 Å². The zero-order valence-electron chi connectivity index (χ0n) is 11.6. The molecular weight excluding hydrogens is 329 g/mol. The third-order valence-electron chi connectivity index (χ3n) is 3.20. The highest BCUT2D eigenvalue weighted by Gasteiger charge is 2.14. The Bertz CT molecular complexity index is 631. The van der Waals surface area contributed by atoms with Crippen LogP contribution in [0.25, 0.3) is 0 Å². The summed E-state index contributed by atoms with van der Waals surface area (Å²) in [6.45, 7) is 2.04. The maximum atomic E-state index is 6.27. The first-order valence-corrected chi connectivity index (χ1v) is 7.81. The Hall–Kier alpha value is -0.930. The van der Waals surface area contributed by atoms with Gasteiger partial charge in [-0.05, 0) is 37.1 Å². The summed E-state index contributed by atoms with van der Waals surface area (Å²) in [5, 5.41) is 1.46. The number of ether oxygens (including phenoxy) is 1. The van der Waals surface area contributed by atoms with Crippen LogP contribution in [0.3, 0.4) is 0 Å². The quantitative estimate of drug-likeness (QED) is 0.753. The van der Waals surface area contributed by atoms with Crippen molar-refractivity contribution in [2.45, 2.75) is 25.8 Å². The van der Waals surface area contributed by atoms with Gasteiger partial charge in [-0.1, -0.05) is 53.9 Å². The van der Waals surface area contributed by atoms with Gasteiger partial charge in [0.25, 0.3) is 0 Å². The summed E-state index contributed by atoms with van der Waals surface area (Å²) in [5.74, 6) is 1.15. The summed E-state index contributed by atoms with van der Waals surface area (Å²) < 4.78 is 5.89. The van der Waals surface area contributed by atoms with Crippen molar-refractivity contribution < 1.29 is 4.74 Å². The molecule has 0 aliphatic carbocycles. The molecule has 2 nitrogen and oxygen atoms in total. The van der Waals surface area contributed by atoms with Crippen molar-refractivity contribution in [3.8, 4) is 11.5 Å². The lowest BCUT2D eigenvalue weighted by Gasteiger charge is -2.16. The summed E-state index contributed by atoms with van der Waals surface area (Å²) in [4.78, 5) is 0. The smallest absolute Gasteiger partial charge is 0.147 e. The van der Waals surface area contributed by atoms with Crippen LogP contribution in [0.5, 0.6) is 11.5 Å². The SMILES string of the molecule is CCC(N)Cc1c(Cl)cccc1Oc1cccc(Cl)c1Cl. The van der Waals surface area contributed by atoms with Crippen LogP contribution >= 0.6 is 34.8 Å². The molecule has 0 fully saturated rings. The Morgan fingerprint density at radius 2 is 1.62 bits per heavy atom. The van der Waals surface area contributed by atoms with E-state index in [1.807, 2.05) is 25.1 Å². The summed E-state index contributed by atoms with van der Waals surface area (Å²) >= 11 is 18.4. The molecular formula is C16H16Cl3NO. The highest BCUT2D eigenvalue weighted by molar-refractivity contribution is 6.42. The molecule has 0 saturated carbocycles. The minimum absolute atomic E-state index is 0.0297. The van der Waals surface area contributed by atoms with Crippen LogP contribution in [0.4, 0.5) is 0 Å². The predicted molar refractivity (Wildman–Crippen MR) is 90.0 cm³/mol. The molecule has 0 spiro atoms. The second kappa shape index (κ2) is 7.37. The molecule has 2 aromatic carbocycles. The maximum Gasteiger partial charge on any atom is 0.147 e. The fourth-order valence-corrected chi connectivity index (χ4v) is 2.49. The molecule has 0 aliphatic rings. The van der Waals surface area contributed by atoms with E-state index in [0.717, 1.165) is 12.0 Å². The van der Waals surface area contributed by atoms with Gasteiger partial charge in [-0.25, -0.2) is 0 Å². The van der Waals surface area contributed by atoms with E-state index in [9.17, 15) is 0 Å². The summed E-state index contributed by atoms with van der Waals surface area (Å²) in [5.41, 5.74) is 6.91. The number of rotatable bonds is 5. The van der Waals surface area contributed by atoms with Gasteiger partial charge in [-0.15, -0.1) is 0 Å². The minimum atomic E-state index is 0.0297. The van der Waals surface area contributed by atoms with Gasteiger partial charge in [0.05, 0.1) is 5.02 Å². The molecule has 0 aromatic heterocycles. The van der Waals surface area contributed by atoms with Crippen LogP contribution in [0.2, 0.25) is 15.1 Å². The van der Waals surface area contributed by atoms with Gasteiger partial charge >= 0.3 is 0 Å². The molecule has 21 heavy (non-hydrogen) atoms. The first-order valence-electron chi connectivity index (χ1n) is 6.67. The average Bonchev–Trinajstić information content (AvgIpc) is 2.47. The van der Waals surface area contributed by atoms with E-state index < -0.39 is 0 Å². The highest BCUT2D eigenvalue weighted by Crippen LogP contribution is 2.37. The third-order valence-corrected chi connectivity index (χ3v) is 4.36. The van der Waals surface area contributed by atoms with Crippen LogP contribution in [0.15, 0.2) is 36.4 Å². The van der Waals surface area contributed by atoms with E-state index in [2.05, 4.69) is 0 Å². The number of halogens is 3. The minimum Gasteiger partial charge on any atom is -0.455 e. The number of hydrogen-bond acceptors (Lipinski definition) is 2. The molecule has 2 N–H and O–H groups in total. The van der Waals surface area contributed by atoms with Gasteiger partial charge in [0.2, 0.25) is 0 Å². The molecule has 0 heterocycles. The van der Waals surface area contributed by atoms with E-state index in [1.54, 1.807) is 18.2 Å². The molecule has 0 aliphatic heterocycles. The zero-order chi connectivity index (χ0) is 15.4. The Balaban J connectivity index is 2.35. The normalized spacial score (nSPS) is 12.2. The highest BCUT2D eigenvalue weighted by atomic mass is 35.5. The van der Waals surface area contributed by atoms with E-state index in [4.69, 9.17) is 45.3 Å². The van der Waals surface area contributed by atoms with Gasteiger partial charge in [-0.2, -0.15) is 0 Å². The molecule has 112 valence electrons. The van der Waals surface area contributed by atoms with Gasteiger partial charge in [-0.3, -0.25) is 0 Å². The summed E-state index contributed by atoms with van der Waals surface area (Å²) in [7, 11) is 0. The van der Waals surface area contributed by atoms with Crippen LogP contribution < -0.4 is 10.5 Å². The molecule has 0 radical (unpaired) electrons. The fourth-order valence-electron chi connectivity index (χ4n) is 1.92. The maximum absolute atomic E-state index is 6.27. The zero-order valence-corrected chi connectivity index (χ0v) is 13.8. The predicted octanol–water partition coefficient (Wildman–Crippen LogP) is 5.72. The lowest BCUT2D eigenvalue weighted by molar-refractivity contribution is 0.472. The van der Waals surface area contributed by atoms with Crippen molar-refractivity contribution in [1.29, 1.82) is 0 Å². The molecule has 0 bridgehead atoms. The lowest BCUT2D eigenvalue weighted by atomic mass is 10.0. The third kappa shape index (κ3) is 4.04. The average molecular weight is 345 g/mol. The van der Waals surface area contributed by atoms with Crippen molar-refractivity contribution in [3.05, 3.63) is 57.0 Å². The van der Waals surface area contributed by atoms with Gasteiger partial charge < -0.3 is 10.5 Å². The number of hydrogen-bond donors (Lipinski definition) is 1. The van der Waals surface area contributed by atoms with Gasteiger partial charge in [0.1, 0.15) is 16.5 Å². The number of nitrogens with two attached hydrogens (primary N) is 1. The Morgan fingerprint density at radius 3 is 2.29 bits per heavy atom. The van der Waals surface area contributed by atoms with Crippen molar-refractivity contribution in [2.75, 3.05) is 0 Å². The molecule has 0 saturated heterocycles. The van der Waals surface area contributed by atoms with Crippen molar-refractivity contribution >= 4 is 34.8 Å². The molecule has 1 unspecified atom stereocenters. The monoisotopic (exact) mass is 343 g/mol. The Morgan fingerprint density at radius 1 is 1.00 bits per heavy atom. The van der Waals surface area contributed by atoms with Crippen LogP contribution in [-0.4, -0.2) is 6.04 Å². The van der Waals surface area contributed by atoms with E-state index in [0.29, 0.717) is 33.0 Å². The molecule has 1 atom stereocenters. The first kappa shape index (κ1) is 16.4. The molecule has 2 aromatic rings. The lowest BCUT2D eigenvalue weighted by Crippen LogP contribution is -2.21. The summed E-state index contributed by atoms with van der Waals surface area (Å²) in [6.07, 6.45) is 1.51.